The van der Waals surface area contributed by atoms with E-state index in [4.69, 9.17) is 9.47 Å². The van der Waals surface area contributed by atoms with Gasteiger partial charge in [0.1, 0.15) is 5.65 Å². The summed E-state index contributed by atoms with van der Waals surface area (Å²) in [5.41, 5.74) is 2.61. The van der Waals surface area contributed by atoms with Crippen LogP contribution in [0.1, 0.15) is 0 Å². The first-order valence-corrected chi connectivity index (χ1v) is 10.6. The molecule has 0 aliphatic rings. The van der Waals surface area contributed by atoms with E-state index in [9.17, 15) is 13.6 Å². The van der Waals surface area contributed by atoms with Crippen LogP contribution in [0, 0.1) is 11.6 Å². The smallest absolute Gasteiger partial charge is 0.247 e. The van der Waals surface area contributed by atoms with Crippen molar-refractivity contribution in [1.82, 2.24) is 9.97 Å². The highest BCUT2D eigenvalue weighted by Gasteiger charge is 2.22. The maximum absolute atomic E-state index is 14.8. The van der Waals surface area contributed by atoms with Gasteiger partial charge in [-0.1, -0.05) is 30.5 Å². The van der Waals surface area contributed by atoms with Crippen molar-refractivity contribution in [3.63, 3.8) is 0 Å². The maximum Gasteiger partial charge on any atom is 0.247 e. The zero-order valence-electron chi connectivity index (χ0n) is 17.7. The van der Waals surface area contributed by atoms with Crippen LogP contribution in [0.15, 0.2) is 71.1 Å². The van der Waals surface area contributed by atoms with Crippen molar-refractivity contribution >= 4 is 34.4 Å². The van der Waals surface area contributed by atoms with Gasteiger partial charge in [0.05, 0.1) is 24.8 Å². The first kappa shape index (κ1) is 22.3. The predicted molar refractivity (Wildman–Crippen MR) is 124 cm³/mol. The molecule has 0 saturated carbocycles. The number of ether oxygens (including phenoxy) is 2. The van der Waals surface area contributed by atoms with E-state index in [1.165, 1.54) is 26.4 Å². The molecule has 9 heteroatoms. The number of amides is 1. The molecule has 0 saturated heterocycles. The van der Waals surface area contributed by atoms with E-state index >= 15 is 0 Å². The van der Waals surface area contributed by atoms with Crippen molar-refractivity contribution < 1.29 is 23.0 Å². The molecular formula is C24H19F2N3O3S. The van der Waals surface area contributed by atoms with E-state index in [-0.39, 0.29) is 22.3 Å². The standard InChI is InChI=1S/C24H19F2N3O3S/c1-4-20(30)28-14-7-5-6-13(10-14)16-9-8-15-19(12-27-24(15)29-16)33-23-21(25)17(31-2)11-18(32-3)22(23)26/h4-12H,1H2,2-3H3,(H,27,29)(H,28,30). The molecule has 4 rings (SSSR count). The fourth-order valence-corrected chi connectivity index (χ4v) is 4.23. The Morgan fingerprint density at radius 2 is 1.85 bits per heavy atom. The summed E-state index contributed by atoms with van der Waals surface area (Å²) in [5.74, 6) is -2.15. The highest BCUT2D eigenvalue weighted by molar-refractivity contribution is 7.99. The van der Waals surface area contributed by atoms with E-state index in [0.717, 1.165) is 17.3 Å². The van der Waals surface area contributed by atoms with Crippen LogP contribution >= 0.6 is 11.8 Å². The van der Waals surface area contributed by atoms with Gasteiger partial charge in [-0.3, -0.25) is 4.79 Å². The number of halogens is 2. The van der Waals surface area contributed by atoms with Gasteiger partial charge in [0.25, 0.3) is 0 Å². The summed E-state index contributed by atoms with van der Waals surface area (Å²) in [5, 5.41) is 3.41. The molecule has 33 heavy (non-hydrogen) atoms. The number of pyridine rings is 1. The molecule has 0 atom stereocenters. The first-order chi connectivity index (χ1) is 15.9. The number of nitrogens with zero attached hydrogens (tertiary/aromatic N) is 1. The Bertz CT molecular complexity index is 1340. The number of hydrogen-bond donors (Lipinski definition) is 2. The Balaban J connectivity index is 1.69. The van der Waals surface area contributed by atoms with Gasteiger partial charge >= 0.3 is 0 Å². The van der Waals surface area contributed by atoms with Gasteiger partial charge in [0, 0.05) is 33.8 Å². The number of hydrogen-bond acceptors (Lipinski definition) is 5. The van der Waals surface area contributed by atoms with Crippen LogP contribution in [-0.4, -0.2) is 30.1 Å². The van der Waals surface area contributed by atoms with E-state index in [1.54, 1.807) is 30.5 Å². The van der Waals surface area contributed by atoms with E-state index in [0.29, 0.717) is 27.3 Å². The Labute approximate surface area is 192 Å². The Kier molecular flexibility index (Phi) is 6.32. The van der Waals surface area contributed by atoms with Gasteiger partial charge < -0.3 is 19.8 Å². The molecule has 0 radical (unpaired) electrons. The molecule has 6 nitrogen and oxygen atoms in total. The van der Waals surface area contributed by atoms with Crippen molar-refractivity contribution in [3.8, 4) is 22.8 Å². The lowest BCUT2D eigenvalue weighted by molar-refractivity contribution is -0.111. The molecule has 0 unspecified atom stereocenters. The van der Waals surface area contributed by atoms with Crippen molar-refractivity contribution in [3.05, 3.63) is 73.0 Å². The minimum absolute atomic E-state index is 0.112. The van der Waals surface area contributed by atoms with Crippen molar-refractivity contribution in [2.75, 3.05) is 19.5 Å². The van der Waals surface area contributed by atoms with Crippen LogP contribution < -0.4 is 14.8 Å². The molecule has 2 aromatic carbocycles. The highest BCUT2D eigenvalue weighted by Crippen LogP contribution is 2.42. The van der Waals surface area contributed by atoms with Crippen LogP contribution in [-0.2, 0) is 4.79 Å². The predicted octanol–water partition coefficient (Wildman–Crippen LogP) is 5.80. The van der Waals surface area contributed by atoms with Gasteiger partial charge in [-0.2, -0.15) is 0 Å². The lowest BCUT2D eigenvalue weighted by Gasteiger charge is -2.11. The topological polar surface area (TPSA) is 76.2 Å². The number of anilines is 1. The monoisotopic (exact) mass is 467 g/mol. The minimum atomic E-state index is -0.807. The molecule has 2 heterocycles. The molecule has 2 aromatic heterocycles. The normalized spacial score (nSPS) is 10.8. The van der Waals surface area contributed by atoms with Crippen molar-refractivity contribution in [1.29, 1.82) is 0 Å². The quantitative estimate of drug-likeness (QED) is 0.336. The summed E-state index contributed by atoms with van der Waals surface area (Å²) in [7, 11) is 2.61. The number of rotatable bonds is 7. The fraction of sp³-hybridized carbons (Fsp3) is 0.0833. The van der Waals surface area contributed by atoms with Gasteiger partial charge in [0.15, 0.2) is 23.1 Å². The third-order valence-corrected chi connectivity index (χ3v) is 5.98. The minimum Gasteiger partial charge on any atom is -0.493 e. The number of fused-ring (bicyclic) bond motifs is 1. The Morgan fingerprint density at radius 1 is 1.12 bits per heavy atom. The van der Waals surface area contributed by atoms with E-state index in [1.807, 2.05) is 12.1 Å². The number of carbonyl (C=O) groups excluding carboxylic acids is 1. The number of carbonyl (C=O) groups is 1. The molecule has 2 N–H and O–H groups in total. The van der Waals surface area contributed by atoms with Crippen molar-refractivity contribution in [2.45, 2.75) is 9.79 Å². The second-order valence-corrected chi connectivity index (χ2v) is 7.91. The first-order valence-electron chi connectivity index (χ1n) is 9.75. The average molecular weight is 467 g/mol. The molecule has 0 aliphatic heterocycles. The zero-order valence-corrected chi connectivity index (χ0v) is 18.6. The van der Waals surface area contributed by atoms with Crippen LogP contribution in [0.25, 0.3) is 22.3 Å². The lowest BCUT2D eigenvalue weighted by atomic mass is 10.1. The SMILES string of the molecule is C=CC(=O)Nc1cccc(-c2ccc3c(Sc4c(F)c(OC)cc(OC)c4F)c[nH]c3n2)c1. The molecule has 0 bridgehead atoms. The van der Waals surface area contributed by atoms with Gasteiger partial charge in [-0.05, 0) is 30.3 Å². The molecule has 0 fully saturated rings. The average Bonchev–Trinajstić information content (AvgIpc) is 3.24. The summed E-state index contributed by atoms with van der Waals surface area (Å²) in [6.07, 6.45) is 2.83. The number of benzene rings is 2. The molecule has 0 aliphatic carbocycles. The summed E-state index contributed by atoms with van der Waals surface area (Å²) >= 11 is 0.911. The maximum atomic E-state index is 14.8. The van der Waals surface area contributed by atoms with Gasteiger partial charge in [-0.15, -0.1) is 0 Å². The highest BCUT2D eigenvalue weighted by atomic mass is 32.2. The van der Waals surface area contributed by atoms with Crippen LogP contribution in [0.4, 0.5) is 14.5 Å². The zero-order chi connectivity index (χ0) is 23.5. The van der Waals surface area contributed by atoms with E-state index in [2.05, 4.69) is 21.9 Å². The molecule has 168 valence electrons. The number of H-pyrrole nitrogens is 1. The number of nitrogens with one attached hydrogen (secondary N) is 2. The second kappa shape index (κ2) is 9.33. The number of aromatic amines is 1. The summed E-state index contributed by atoms with van der Waals surface area (Å²) in [6.45, 7) is 3.44. The van der Waals surface area contributed by atoms with Gasteiger partial charge in [0.2, 0.25) is 5.91 Å². The summed E-state index contributed by atoms with van der Waals surface area (Å²) in [4.78, 5) is 19.6. The van der Waals surface area contributed by atoms with Crippen LogP contribution in [0.3, 0.4) is 0 Å². The third kappa shape index (κ3) is 4.40. The lowest BCUT2D eigenvalue weighted by Crippen LogP contribution is -2.07. The van der Waals surface area contributed by atoms with E-state index < -0.39 is 11.6 Å². The van der Waals surface area contributed by atoms with Crippen molar-refractivity contribution in [2.24, 2.45) is 0 Å². The van der Waals surface area contributed by atoms with Crippen LogP contribution in [0.5, 0.6) is 11.5 Å². The number of methoxy groups -OCH3 is 2. The largest absolute Gasteiger partial charge is 0.493 e. The Morgan fingerprint density at radius 3 is 2.52 bits per heavy atom. The molecule has 4 aromatic rings. The third-order valence-electron chi connectivity index (χ3n) is 4.86. The molecule has 0 spiro atoms. The van der Waals surface area contributed by atoms with Crippen LogP contribution in [0.2, 0.25) is 0 Å². The van der Waals surface area contributed by atoms with Gasteiger partial charge in [-0.25, -0.2) is 13.8 Å². The summed E-state index contributed by atoms with van der Waals surface area (Å²) < 4.78 is 39.6. The second-order valence-electron chi connectivity index (χ2n) is 6.86. The Hall–Kier alpha value is -3.85. The number of aromatic nitrogens is 2. The fourth-order valence-electron chi connectivity index (χ4n) is 3.24. The molecule has 1 amide bonds. The molecular weight excluding hydrogens is 448 g/mol. The summed E-state index contributed by atoms with van der Waals surface area (Å²) in [6, 6.07) is 12.0.